The van der Waals surface area contributed by atoms with E-state index in [1.54, 1.807) is 0 Å². The first-order chi connectivity index (χ1) is 10.4. The smallest absolute Gasteiger partial charge is 0.258 e. The van der Waals surface area contributed by atoms with Gasteiger partial charge in [0.25, 0.3) is 5.69 Å². The maximum Gasteiger partial charge on any atom is 0.435 e. The van der Waals surface area contributed by atoms with Crippen molar-refractivity contribution in [1.29, 1.82) is 0 Å². The molecule has 22 heavy (non-hydrogen) atoms. The lowest BCUT2D eigenvalue weighted by atomic mass is 9.95. The molecule has 2 aromatic rings. The molecule has 116 valence electrons. The van der Waals surface area contributed by atoms with Crippen LogP contribution < -0.4 is 0 Å². The molecule has 0 bridgehead atoms. The van der Waals surface area contributed by atoms with Gasteiger partial charge < -0.3 is 0 Å². The fourth-order valence-electron chi connectivity index (χ4n) is 2.76. The zero-order chi connectivity index (χ0) is 15.9. The number of rotatable bonds is 2. The standard InChI is InChI=1S/C14H12F3N3O2/c15-14(16,17)13-11-3-1-2-4-12(11)19(18-13)9-5-7-10(8-6-9)20(21)22/h5-8H,1-4H2. The van der Waals surface area contributed by atoms with Crippen molar-refractivity contribution in [3.63, 3.8) is 0 Å². The number of non-ortho nitro benzene ring substituents is 1. The van der Waals surface area contributed by atoms with E-state index in [-0.39, 0.29) is 11.3 Å². The molecule has 0 saturated heterocycles. The van der Waals surface area contributed by atoms with E-state index >= 15 is 0 Å². The number of benzene rings is 1. The minimum atomic E-state index is -4.49. The van der Waals surface area contributed by atoms with Crippen LogP contribution in [0.2, 0.25) is 0 Å². The van der Waals surface area contributed by atoms with Crippen molar-refractivity contribution < 1.29 is 18.1 Å². The van der Waals surface area contributed by atoms with Gasteiger partial charge in [-0.05, 0) is 37.8 Å². The Labute approximate surface area is 123 Å². The summed E-state index contributed by atoms with van der Waals surface area (Å²) in [7, 11) is 0. The molecule has 1 aliphatic rings. The zero-order valence-electron chi connectivity index (χ0n) is 11.4. The molecule has 0 unspecified atom stereocenters. The lowest BCUT2D eigenvalue weighted by molar-refractivity contribution is -0.384. The van der Waals surface area contributed by atoms with E-state index in [9.17, 15) is 23.3 Å². The Morgan fingerprint density at radius 2 is 1.77 bits per heavy atom. The van der Waals surface area contributed by atoms with Gasteiger partial charge >= 0.3 is 6.18 Å². The van der Waals surface area contributed by atoms with Crippen LogP contribution in [0.5, 0.6) is 0 Å². The van der Waals surface area contributed by atoms with Crippen molar-refractivity contribution in [2.24, 2.45) is 0 Å². The normalized spacial score (nSPS) is 14.7. The molecule has 0 saturated carbocycles. The molecule has 0 spiro atoms. The van der Waals surface area contributed by atoms with Gasteiger partial charge in [0, 0.05) is 23.4 Å². The Bertz CT molecular complexity index is 720. The molecule has 1 heterocycles. The van der Waals surface area contributed by atoms with E-state index in [4.69, 9.17) is 0 Å². The molecule has 5 nitrogen and oxygen atoms in total. The van der Waals surface area contributed by atoms with Crippen molar-refractivity contribution in [3.8, 4) is 5.69 Å². The van der Waals surface area contributed by atoms with E-state index in [1.807, 2.05) is 0 Å². The summed E-state index contributed by atoms with van der Waals surface area (Å²) in [6.07, 6.45) is -2.09. The fraction of sp³-hybridized carbons (Fsp3) is 0.357. The van der Waals surface area contributed by atoms with E-state index in [2.05, 4.69) is 5.10 Å². The molecule has 1 aliphatic carbocycles. The molecule has 0 atom stereocenters. The third kappa shape index (κ3) is 2.44. The van der Waals surface area contributed by atoms with Gasteiger partial charge in [-0.25, -0.2) is 4.68 Å². The second kappa shape index (κ2) is 5.11. The van der Waals surface area contributed by atoms with Crippen molar-refractivity contribution in [2.45, 2.75) is 31.9 Å². The first kappa shape index (κ1) is 14.6. The lowest BCUT2D eigenvalue weighted by Gasteiger charge is -2.14. The predicted molar refractivity (Wildman–Crippen MR) is 71.9 cm³/mol. The van der Waals surface area contributed by atoms with Gasteiger partial charge in [-0.1, -0.05) is 0 Å². The SMILES string of the molecule is O=[N+]([O-])c1ccc(-n2nc(C(F)(F)F)c3c2CCCC3)cc1. The van der Waals surface area contributed by atoms with Gasteiger partial charge in [0.1, 0.15) is 0 Å². The van der Waals surface area contributed by atoms with Crippen LogP contribution in [-0.4, -0.2) is 14.7 Å². The van der Waals surface area contributed by atoms with E-state index < -0.39 is 16.8 Å². The number of fused-ring (bicyclic) bond motifs is 1. The topological polar surface area (TPSA) is 61.0 Å². The van der Waals surface area contributed by atoms with Crippen LogP contribution in [0.1, 0.15) is 29.8 Å². The van der Waals surface area contributed by atoms with Gasteiger partial charge in [-0.15, -0.1) is 0 Å². The fourth-order valence-corrected chi connectivity index (χ4v) is 2.76. The van der Waals surface area contributed by atoms with Crippen molar-refractivity contribution >= 4 is 5.69 Å². The first-order valence-corrected chi connectivity index (χ1v) is 6.80. The summed E-state index contributed by atoms with van der Waals surface area (Å²) in [5.74, 6) is 0. The molecule has 1 aromatic carbocycles. The average molecular weight is 311 g/mol. The van der Waals surface area contributed by atoms with Crippen LogP contribution >= 0.6 is 0 Å². The molecule has 3 rings (SSSR count). The van der Waals surface area contributed by atoms with Gasteiger partial charge in [0.05, 0.1) is 10.6 Å². The molecule has 0 fully saturated rings. The summed E-state index contributed by atoms with van der Waals surface area (Å²) in [6, 6.07) is 5.36. The Hall–Kier alpha value is -2.38. The number of nitro groups is 1. The quantitative estimate of drug-likeness (QED) is 0.628. The maximum atomic E-state index is 13.1. The minimum Gasteiger partial charge on any atom is -0.258 e. The Morgan fingerprint density at radius 1 is 1.14 bits per heavy atom. The second-order valence-electron chi connectivity index (χ2n) is 5.16. The largest absolute Gasteiger partial charge is 0.435 e. The first-order valence-electron chi connectivity index (χ1n) is 6.80. The highest BCUT2D eigenvalue weighted by Crippen LogP contribution is 2.36. The summed E-state index contributed by atoms with van der Waals surface area (Å²) in [6.45, 7) is 0. The number of alkyl halides is 3. The number of nitro benzene ring substituents is 1. The van der Waals surface area contributed by atoms with Crippen LogP contribution in [-0.2, 0) is 19.0 Å². The van der Waals surface area contributed by atoms with Gasteiger partial charge in [0.2, 0.25) is 0 Å². The van der Waals surface area contributed by atoms with Crippen LogP contribution in [0.4, 0.5) is 18.9 Å². The summed E-state index contributed by atoms with van der Waals surface area (Å²) >= 11 is 0. The lowest BCUT2D eigenvalue weighted by Crippen LogP contribution is -2.11. The van der Waals surface area contributed by atoms with Crippen LogP contribution in [0.25, 0.3) is 5.69 Å². The highest BCUT2D eigenvalue weighted by molar-refractivity contribution is 5.44. The van der Waals surface area contributed by atoms with Gasteiger partial charge in [-0.2, -0.15) is 18.3 Å². The molecule has 0 N–H and O–H groups in total. The van der Waals surface area contributed by atoms with Gasteiger partial charge in [0.15, 0.2) is 5.69 Å². The summed E-state index contributed by atoms with van der Waals surface area (Å²) < 4.78 is 40.6. The molecule has 8 heteroatoms. The Morgan fingerprint density at radius 3 is 2.36 bits per heavy atom. The molecular weight excluding hydrogens is 299 g/mol. The predicted octanol–water partition coefficient (Wildman–Crippen LogP) is 3.68. The second-order valence-corrected chi connectivity index (χ2v) is 5.16. The van der Waals surface area contributed by atoms with Crippen LogP contribution in [0, 0.1) is 10.1 Å². The van der Waals surface area contributed by atoms with E-state index in [0.29, 0.717) is 30.6 Å². The van der Waals surface area contributed by atoms with Crippen molar-refractivity contribution in [3.05, 3.63) is 51.3 Å². The maximum absolute atomic E-state index is 13.1. The molecule has 0 amide bonds. The highest BCUT2D eigenvalue weighted by Gasteiger charge is 2.39. The third-order valence-corrected chi connectivity index (χ3v) is 3.75. The number of hydrogen-bond acceptors (Lipinski definition) is 3. The number of aromatic nitrogens is 2. The van der Waals surface area contributed by atoms with E-state index in [0.717, 1.165) is 6.42 Å². The van der Waals surface area contributed by atoms with E-state index in [1.165, 1.54) is 28.9 Å². The zero-order valence-corrected chi connectivity index (χ0v) is 11.4. The summed E-state index contributed by atoms with van der Waals surface area (Å²) in [5, 5.41) is 14.4. The van der Waals surface area contributed by atoms with Crippen LogP contribution in [0.3, 0.4) is 0 Å². The van der Waals surface area contributed by atoms with Crippen molar-refractivity contribution in [1.82, 2.24) is 9.78 Å². The number of nitrogens with zero attached hydrogens (tertiary/aromatic N) is 3. The number of halogens is 3. The van der Waals surface area contributed by atoms with Gasteiger partial charge in [-0.3, -0.25) is 10.1 Å². The molecule has 0 radical (unpaired) electrons. The van der Waals surface area contributed by atoms with Crippen molar-refractivity contribution in [2.75, 3.05) is 0 Å². The average Bonchev–Trinajstić information content (AvgIpc) is 2.87. The molecular formula is C14H12F3N3O2. The Balaban J connectivity index is 2.11. The highest BCUT2D eigenvalue weighted by atomic mass is 19.4. The Kier molecular flexibility index (Phi) is 3.38. The monoisotopic (exact) mass is 311 g/mol. The summed E-state index contributed by atoms with van der Waals surface area (Å²) in [5.41, 5.74) is 0.241. The summed E-state index contributed by atoms with van der Waals surface area (Å²) in [4.78, 5) is 10.1. The third-order valence-electron chi connectivity index (χ3n) is 3.75. The molecule has 0 aliphatic heterocycles. The van der Waals surface area contributed by atoms with Crippen LogP contribution in [0.15, 0.2) is 24.3 Å². The number of hydrogen-bond donors (Lipinski definition) is 0. The molecule has 1 aromatic heterocycles. The minimum absolute atomic E-state index is 0.110.